The summed E-state index contributed by atoms with van der Waals surface area (Å²) in [7, 11) is 1.86. The van der Waals surface area contributed by atoms with Gasteiger partial charge >= 0.3 is 0 Å². The van der Waals surface area contributed by atoms with Crippen molar-refractivity contribution in [3.05, 3.63) is 30.1 Å². The molecule has 0 saturated heterocycles. The lowest BCUT2D eigenvalue weighted by Crippen LogP contribution is -2.22. The van der Waals surface area contributed by atoms with Gasteiger partial charge in [0.25, 0.3) is 5.91 Å². The molecule has 0 bridgehead atoms. The standard InChI is InChI=1S/C12H15N5OS/c1-3-14-11(18)8-4-5-10(9(13)6-8)19-12-16-15-7-17(12)2/h4-7H,3,13H2,1-2H3,(H,14,18). The molecule has 2 aromatic rings. The highest BCUT2D eigenvalue weighted by atomic mass is 32.2. The second-order valence-electron chi connectivity index (χ2n) is 3.94. The van der Waals surface area contributed by atoms with Crippen LogP contribution in [-0.4, -0.2) is 27.2 Å². The summed E-state index contributed by atoms with van der Waals surface area (Å²) in [5.41, 5.74) is 7.07. The normalized spacial score (nSPS) is 10.4. The van der Waals surface area contributed by atoms with Crippen molar-refractivity contribution in [3.63, 3.8) is 0 Å². The fourth-order valence-electron chi connectivity index (χ4n) is 1.51. The van der Waals surface area contributed by atoms with Crippen molar-refractivity contribution in [2.75, 3.05) is 12.3 Å². The van der Waals surface area contributed by atoms with Crippen molar-refractivity contribution in [1.82, 2.24) is 20.1 Å². The van der Waals surface area contributed by atoms with Gasteiger partial charge in [-0.3, -0.25) is 4.79 Å². The topological polar surface area (TPSA) is 85.8 Å². The SMILES string of the molecule is CCNC(=O)c1ccc(Sc2nncn2C)c(N)c1. The minimum atomic E-state index is -0.121. The number of amides is 1. The van der Waals surface area contributed by atoms with Crippen LogP contribution in [-0.2, 0) is 7.05 Å². The van der Waals surface area contributed by atoms with Gasteiger partial charge in [-0.05, 0) is 36.9 Å². The molecular weight excluding hydrogens is 262 g/mol. The Bertz CT molecular complexity index is 596. The van der Waals surface area contributed by atoms with Crippen LogP contribution in [0.3, 0.4) is 0 Å². The number of nitrogens with two attached hydrogens (primary N) is 1. The Labute approximate surface area is 115 Å². The number of aromatic nitrogens is 3. The molecule has 1 amide bonds. The second-order valence-corrected chi connectivity index (χ2v) is 4.95. The number of nitrogen functional groups attached to an aromatic ring is 1. The van der Waals surface area contributed by atoms with E-state index < -0.39 is 0 Å². The van der Waals surface area contributed by atoms with Crippen LogP contribution in [0.4, 0.5) is 5.69 Å². The van der Waals surface area contributed by atoms with Crippen molar-refractivity contribution in [2.24, 2.45) is 7.05 Å². The molecular formula is C12H15N5OS. The van der Waals surface area contributed by atoms with Crippen LogP contribution >= 0.6 is 11.8 Å². The predicted molar refractivity (Wildman–Crippen MR) is 74.0 cm³/mol. The van der Waals surface area contributed by atoms with Crippen molar-refractivity contribution in [2.45, 2.75) is 17.0 Å². The number of nitrogens with one attached hydrogen (secondary N) is 1. The molecule has 0 spiro atoms. The van der Waals surface area contributed by atoms with Gasteiger partial charge in [-0.15, -0.1) is 10.2 Å². The van der Waals surface area contributed by atoms with E-state index in [9.17, 15) is 4.79 Å². The summed E-state index contributed by atoms with van der Waals surface area (Å²) >= 11 is 1.41. The molecule has 1 aromatic heterocycles. The molecule has 0 saturated carbocycles. The maximum absolute atomic E-state index is 11.7. The summed E-state index contributed by atoms with van der Waals surface area (Å²) < 4.78 is 1.81. The molecule has 100 valence electrons. The highest BCUT2D eigenvalue weighted by Crippen LogP contribution is 2.30. The summed E-state index contributed by atoms with van der Waals surface area (Å²) in [5, 5.41) is 11.3. The summed E-state index contributed by atoms with van der Waals surface area (Å²) in [6.07, 6.45) is 1.63. The molecule has 0 aliphatic heterocycles. The zero-order valence-electron chi connectivity index (χ0n) is 10.8. The van der Waals surface area contributed by atoms with Crippen LogP contribution in [0, 0.1) is 0 Å². The van der Waals surface area contributed by atoms with E-state index in [-0.39, 0.29) is 5.91 Å². The molecule has 0 aliphatic rings. The van der Waals surface area contributed by atoms with Crippen molar-refractivity contribution < 1.29 is 4.79 Å². The van der Waals surface area contributed by atoms with Crippen molar-refractivity contribution in [3.8, 4) is 0 Å². The van der Waals surface area contributed by atoms with Gasteiger partial charge in [0.15, 0.2) is 5.16 Å². The third kappa shape index (κ3) is 3.05. The molecule has 19 heavy (non-hydrogen) atoms. The van der Waals surface area contributed by atoms with E-state index in [0.29, 0.717) is 17.8 Å². The molecule has 0 aliphatic carbocycles. The van der Waals surface area contributed by atoms with Gasteiger partial charge in [0, 0.05) is 29.7 Å². The van der Waals surface area contributed by atoms with Crippen molar-refractivity contribution >= 4 is 23.4 Å². The molecule has 0 fully saturated rings. The highest BCUT2D eigenvalue weighted by molar-refractivity contribution is 7.99. The van der Waals surface area contributed by atoms with E-state index >= 15 is 0 Å². The Morgan fingerprint density at radius 2 is 2.32 bits per heavy atom. The van der Waals surface area contributed by atoms with Crippen LogP contribution in [0.25, 0.3) is 0 Å². The van der Waals surface area contributed by atoms with Gasteiger partial charge < -0.3 is 15.6 Å². The smallest absolute Gasteiger partial charge is 0.251 e. The number of benzene rings is 1. The Morgan fingerprint density at radius 1 is 1.53 bits per heavy atom. The third-order valence-electron chi connectivity index (χ3n) is 2.48. The number of carbonyl (C=O) groups excluding carboxylic acids is 1. The Balaban J connectivity index is 2.20. The monoisotopic (exact) mass is 277 g/mol. The predicted octanol–water partition coefficient (Wildman–Crippen LogP) is 1.30. The third-order valence-corrected chi connectivity index (χ3v) is 3.62. The number of nitrogens with zero attached hydrogens (tertiary/aromatic N) is 3. The first kappa shape index (κ1) is 13.4. The zero-order chi connectivity index (χ0) is 13.8. The fourth-order valence-corrected chi connectivity index (χ4v) is 2.30. The van der Waals surface area contributed by atoms with Crippen LogP contribution in [0.1, 0.15) is 17.3 Å². The number of hydrogen-bond acceptors (Lipinski definition) is 5. The van der Waals surface area contributed by atoms with Gasteiger partial charge in [0.1, 0.15) is 6.33 Å². The lowest BCUT2D eigenvalue weighted by Gasteiger charge is -2.07. The van der Waals surface area contributed by atoms with Gasteiger partial charge in [0.2, 0.25) is 0 Å². The van der Waals surface area contributed by atoms with Crippen molar-refractivity contribution in [1.29, 1.82) is 0 Å². The molecule has 1 aromatic carbocycles. The first-order valence-electron chi connectivity index (χ1n) is 5.81. The molecule has 1 heterocycles. The lowest BCUT2D eigenvalue weighted by atomic mass is 10.2. The second kappa shape index (κ2) is 5.75. The van der Waals surface area contributed by atoms with E-state index in [4.69, 9.17) is 5.73 Å². The minimum absolute atomic E-state index is 0.121. The number of carbonyl (C=O) groups is 1. The largest absolute Gasteiger partial charge is 0.398 e. The average molecular weight is 277 g/mol. The number of hydrogen-bond donors (Lipinski definition) is 2. The van der Waals surface area contributed by atoms with Gasteiger partial charge in [-0.1, -0.05) is 0 Å². The molecule has 3 N–H and O–H groups in total. The zero-order valence-corrected chi connectivity index (χ0v) is 11.6. The maximum atomic E-state index is 11.7. The highest BCUT2D eigenvalue weighted by Gasteiger charge is 2.10. The molecule has 0 radical (unpaired) electrons. The van der Waals surface area contributed by atoms with Gasteiger partial charge in [-0.25, -0.2) is 0 Å². The first-order valence-corrected chi connectivity index (χ1v) is 6.63. The van der Waals surface area contributed by atoms with Gasteiger partial charge in [-0.2, -0.15) is 0 Å². The maximum Gasteiger partial charge on any atom is 0.251 e. The summed E-state index contributed by atoms with van der Waals surface area (Å²) in [6, 6.07) is 5.24. The summed E-state index contributed by atoms with van der Waals surface area (Å²) in [6.45, 7) is 2.47. The molecule has 0 atom stereocenters. The van der Waals surface area contributed by atoms with E-state index in [1.807, 2.05) is 24.6 Å². The number of anilines is 1. The number of rotatable bonds is 4. The quantitative estimate of drug-likeness (QED) is 0.823. The summed E-state index contributed by atoms with van der Waals surface area (Å²) in [4.78, 5) is 12.5. The fraction of sp³-hybridized carbons (Fsp3) is 0.250. The van der Waals surface area contributed by atoms with E-state index in [1.54, 1.807) is 18.5 Å². The molecule has 2 rings (SSSR count). The lowest BCUT2D eigenvalue weighted by molar-refractivity contribution is 0.0956. The number of aryl methyl sites for hydroxylation is 1. The first-order chi connectivity index (χ1) is 9.11. The Hall–Kier alpha value is -2.02. The van der Waals surface area contributed by atoms with Crippen LogP contribution in [0.5, 0.6) is 0 Å². The summed E-state index contributed by atoms with van der Waals surface area (Å²) in [5.74, 6) is -0.121. The van der Waals surface area contributed by atoms with Crippen LogP contribution in [0.2, 0.25) is 0 Å². The van der Waals surface area contributed by atoms with Crippen LogP contribution < -0.4 is 11.1 Å². The van der Waals surface area contributed by atoms with Crippen LogP contribution in [0.15, 0.2) is 34.6 Å². The van der Waals surface area contributed by atoms with E-state index in [0.717, 1.165) is 10.1 Å². The Kier molecular flexibility index (Phi) is 4.06. The average Bonchev–Trinajstić information content (AvgIpc) is 2.78. The molecule has 7 heteroatoms. The minimum Gasteiger partial charge on any atom is -0.398 e. The van der Waals surface area contributed by atoms with Gasteiger partial charge in [0.05, 0.1) is 0 Å². The van der Waals surface area contributed by atoms with E-state index in [2.05, 4.69) is 15.5 Å². The molecule has 0 unspecified atom stereocenters. The Morgan fingerprint density at radius 3 is 2.89 bits per heavy atom. The van der Waals surface area contributed by atoms with E-state index in [1.165, 1.54) is 11.8 Å². The molecule has 6 nitrogen and oxygen atoms in total.